The van der Waals surface area contributed by atoms with E-state index in [0.29, 0.717) is 0 Å². The molecule has 3 heteroatoms. The second-order valence-corrected chi connectivity index (χ2v) is 4.34. The third kappa shape index (κ3) is 2.97. The van der Waals surface area contributed by atoms with Crippen LogP contribution in [0.25, 0.3) is 5.65 Å². The molecule has 0 N–H and O–H groups in total. The van der Waals surface area contributed by atoms with E-state index in [4.69, 9.17) is 0 Å². The molecule has 0 radical (unpaired) electrons. The number of rotatable bonds is 4. The van der Waals surface area contributed by atoms with Gasteiger partial charge in [-0.25, -0.2) is 4.98 Å². The fourth-order valence-corrected chi connectivity index (χ4v) is 1.65. The number of imidazole rings is 1. The number of nitrogens with zero attached hydrogens (tertiary/aromatic N) is 3. The van der Waals surface area contributed by atoms with Crippen LogP contribution in [0.4, 0.5) is 0 Å². The van der Waals surface area contributed by atoms with Gasteiger partial charge in [-0.1, -0.05) is 12.6 Å². The molecule has 0 aliphatic heterocycles. The standard InChI is InChI=1S/C14H17N3/c1-12(6-8-16(2)3)10-13-4-5-14-15-7-9-17(14)11-13/h4-9,11H,1,10H2,2-3H3/b8-6+. The first-order valence-electron chi connectivity index (χ1n) is 5.59. The van der Waals surface area contributed by atoms with E-state index in [2.05, 4.69) is 23.8 Å². The molecule has 0 aliphatic carbocycles. The fourth-order valence-electron chi connectivity index (χ4n) is 1.65. The molecule has 3 nitrogen and oxygen atoms in total. The molecule has 0 bridgehead atoms. The summed E-state index contributed by atoms with van der Waals surface area (Å²) in [6.45, 7) is 4.05. The second kappa shape index (κ2) is 4.87. The molecule has 2 heterocycles. The Morgan fingerprint density at radius 1 is 1.47 bits per heavy atom. The molecule has 0 unspecified atom stereocenters. The van der Waals surface area contributed by atoms with Crippen molar-refractivity contribution in [1.29, 1.82) is 0 Å². The lowest BCUT2D eigenvalue weighted by atomic mass is 10.1. The molecular weight excluding hydrogens is 210 g/mol. The number of hydrogen-bond acceptors (Lipinski definition) is 2. The van der Waals surface area contributed by atoms with Crippen molar-refractivity contribution in [2.45, 2.75) is 6.42 Å². The van der Waals surface area contributed by atoms with Gasteiger partial charge in [0, 0.05) is 32.7 Å². The molecule has 2 aromatic rings. The summed E-state index contributed by atoms with van der Waals surface area (Å²) in [6, 6.07) is 4.12. The van der Waals surface area contributed by atoms with Crippen LogP contribution in [0.2, 0.25) is 0 Å². The number of pyridine rings is 1. The highest BCUT2D eigenvalue weighted by atomic mass is 15.0. The Morgan fingerprint density at radius 2 is 2.29 bits per heavy atom. The quantitative estimate of drug-likeness (QED) is 0.748. The predicted octanol–water partition coefficient (Wildman–Crippen LogP) is 2.51. The molecule has 0 atom stereocenters. The minimum atomic E-state index is 0.860. The first kappa shape index (κ1) is 11.5. The van der Waals surface area contributed by atoms with Crippen molar-refractivity contribution in [2.24, 2.45) is 0 Å². The fraction of sp³-hybridized carbons (Fsp3) is 0.214. The smallest absolute Gasteiger partial charge is 0.136 e. The lowest BCUT2D eigenvalue weighted by Gasteiger charge is -2.05. The molecule has 0 aromatic carbocycles. The molecule has 0 amide bonds. The van der Waals surface area contributed by atoms with Gasteiger partial charge in [0.25, 0.3) is 0 Å². The largest absolute Gasteiger partial charge is 0.383 e. The molecule has 2 rings (SSSR count). The number of fused-ring (bicyclic) bond motifs is 1. The van der Waals surface area contributed by atoms with E-state index >= 15 is 0 Å². The lowest BCUT2D eigenvalue weighted by molar-refractivity contribution is 0.563. The Kier molecular flexibility index (Phi) is 3.28. The summed E-state index contributed by atoms with van der Waals surface area (Å²) in [5.41, 5.74) is 3.31. The highest BCUT2D eigenvalue weighted by Crippen LogP contribution is 2.10. The Bertz CT molecular complexity index is 549. The highest BCUT2D eigenvalue weighted by molar-refractivity contribution is 5.40. The lowest BCUT2D eigenvalue weighted by Crippen LogP contribution is -2.00. The summed E-state index contributed by atoms with van der Waals surface area (Å²) >= 11 is 0. The van der Waals surface area contributed by atoms with Gasteiger partial charge in [-0.3, -0.25) is 0 Å². The minimum absolute atomic E-state index is 0.860. The van der Waals surface area contributed by atoms with Gasteiger partial charge in [0.1, 0.15) is 5.65 Å². The van der Waals surface area contributed by atoms with E-state index in [1.807, 2.05) is 47.9 Å². The average Bonchev–Trinajstić information content (AvgIpc) is 2.73. The molecule has 0 saturated carbocycles. The molecular formula is C14H17N3. The van der Waals surface area contributed by atoms with Gasteiger partial charge in [0.2, 0.25) is 0 Å². The Labute approximate surface area is 102 Å². The van der Waals surface area contributed by atoms with Gasteiger partial charge in [0.05, 0.1) is 0 Å². The molecule has 0 aliphatic rings. The van der Waals surface area contributed by atoms with Crippen LogP contribution >= 0.6 is 0 Å². The van der Waals surface area contributed by atoms with E-state index in [1.165, 1.54) is 5.56 Å². The van der Waals surface area contributed by atoms with Gasteiger partial charge in [-0.05, 0) is 35.9 Å². The van der Waals surface area contributed by atoms with Crippen LogP contribution in [0.15, 0.2) is 55.2 Å². The van der Waals surface area contributed by atoms with Crippen LogP contribution in [0, 0.1) is 0 Å². The molecule has 0 spiro atoms. The van der Waals surface area contributed by atoms with Crippen LogP contribution in [0.5, 0.6) is 0 Å². The zero-order valence-corrected chi connectivity index (χ0v) is 10.3. The molecule has 17 heavy (non-hydrogen) atoms. The van der Waals surface area contributed by atoms with Gasteiger partial charge >= 0.3 is 0 Å². The maximum atomic E-state index is 4.22. The van der Waals surface area contributed by atoms with E-state index in [9.17, 15) is 0 Å². The van der Waals surface area contributed by atoms with Crippen LogP contribution in [-0.2, 0) is 6.42 Å². The van der Waals surface area contributed by atoms with E-state index in [-0.39, 0.29) is 0 Å². The Balaban J connectivity index is 2.10. The molecule has 0 fully saturated rings. The van der Waals surface area contributed by atoms with Crippen molar-refractivity contribution in [1.82, 2.24) is 14.3 Å². The summed E-state index contributed by atoms with van der Waals surface area (Å²) in [7, 11) is 4.00. The first-order valence-corrected chi connectivity index (χ1v) is 5.59. The topological polar surface area (TPSA) is 20.5 Å². The van der Waals surface area contributed by atoms with Gasteiger partial charge in [-0.2, -0.15) is 0 Å². The monoisotopic (exact) mass is 227 g/mol. The van der Waals surface area contributed by atoms with Gasteiger partial charge in [-0.15, -0.1) is 0 Å². The van der Waals surface area contributed by atoms with Crippen LogP contribution < -0.4 is 0 Å². The maximum Gasteiger partial charge on any atom is 0.136 e. The van der Waals surface area contributed by atoms with Crippen LogP contribution in [0.1, 0.15) is 5.56 Å². The summed E-state index contributed by atoms with van der Waals surface area (Å²) < 4.78 is 2.03. The van der Waals surface area contributed by atoms with Crippen molar-refractivity contribution in [3.05, 3.63) is 60.7 Å². The summed E-state index contributed by atoms with van der Waals surface area (Å²) in [5.74, 6) is 0. The highest BCUT2D eigenvalue weighted by Gasteiger charge is 1.98. The third-order valence-electron chi connectivity index (χ3n) is 2.49. The first-order chi connectivity index (χ1) is 8.15. The van der Waals surface area contributed by atoms with Crippen molar-refractivity contribution >= 4 is 5.65 Å². The van der Waals surface area contributed by atoms with E-state index in [0.717, 1.165) is 17.6 Å². The van der Waals surface area contributed by atoms with Crippen molar-refractivity contribution in [2.75, 3.05) is 14.1 Å². The van der Waals surface area contributed by atoms with Gasteiger partial charge < -0.3 is 9.30 Å². The van der Waals surface area contributed by atoms with Gasteiger partial charge in [0.15, 0.2) is 0 Å². The van der Waals surface area contributed by atoms with E-state index < -0.39 is 0 Å². The van der Waals surface area contributed by atoms with Crippen molar-refractivity contribution in [3.8, 4) is 0 Å². The number of allylic oxidation sites excluding steroid dienone is 2. The third-order valence-corrected chi connectivity index (χ3v) is 2.49. The van der Waals surface area contributed by atoms with Crippen molar-refractivity contribution in [3.63, 3.8) is 0 Å². The zero-order chi connectivity index (χ0) is 12.3. The van der Waals surface area contributed by atoms with Crippen LogP contribution in [-0.4, -0.2) is 28.4 Å². The average molecular weight is 227 g/mol. The summed E-state index contributed by atoms with van der Waals surface area (Å²) in [6.07, 6.45) is 10.8. The van der Waals surface area contributed by atoms with Crippen molar-refractivity contribution < 1.29 is 0 Å². The minimum Gasteiger partial charge on any atom is -0.383 e. The number of hydrogen-bond donors (Lipinski definition) is 0. The SMILES string of the molecule is C=C(/C=C/N(C)C)Cc1ccc2nccn2c1. The maximum absolute atomic E-state index is 4.22. The summed E-state index contributed by atoms with van der Waals surface area (Å²) in [5, 5.41) is 0. The Morgan fingerprint density at radius 3 is 3.06 bits per heavy atom. The molecule has 2 aromatic heterocycles. The predicted molar refractivity (Wildman–Crippen MR) is 70.9 cm³/mol. The molecule has 0 saturated heterocycles. The normalized spacial score (nSPS) is 11.2. The second-order valence-electron chi connectivity index (χ2n) is 4.34. The van der Waals surface area contributed by atoms with Crippen LogP contribution in [0.3, 0.4) is 0 Å². The zero-order valence-electron chi connectivity index (χ0n) is 10.3. The Hall–Kier alpha value is -2.03. The summed E-state index contributed by atoms with van der Waals surface area (Å²) in [4.78, 5) is 6.22. The number of aromatic nitrogens is 2. The van der Waals surface area contributed by atoms with E-state index in [1.54, 1.807) is 6.20 Å². The molecule has 88 valence electrons.